The Morgan fingerprint density at radius 2 is 2.06 bits per heavy atom. The first-order valence-electron chi connectivity index (χ1n) is 6.12. The first-order chi connectivity index (χ1) is 8.60. The average molecular weight is 309 g/mol. The van der Waals surface area contributed by atoms with E-state index in [-0.39, 0.29) is 4.83 Å². The molecule has 1 atom stereocenters. The van der Waals surface area contributed by atoms with Gasteiger partial charge in [0.2, 0.25) is 5.89 Å². The number of hydrogen-bond acceptors (Lipinski definition) is 3. The fourth-order valence-corrected chi connectivity index (χ4v) is 1.92. The summed E-state index contributed by atoms with van der Waals surface area (Å²) in [5, 5.41) is 4.02. The number of benzene rings is 1. The fraction of sp³-hybridized carbons (Fsp3) is 0.429. The molecule has 3 nitrogen and oxygen atoms in total. The van der Waals surface area contributed by atoms with Gasteiger partial charge in [0.05, 0.1) is 4.83 Å². The van der Waals surface area contributed by atoms with E-state index in [1.54, 1.807) is 0 Å². The maximum absolute atomic E-state index is 5.24. The number of alkyl halides is 1. The van der Waals surface area contributed by atoms with Crippen LogP contribution < -0.4 is 0 Å². The van der Waals surface area contributed by atoms with Gasteiger partial charge in [-0.2, -0.15) is 4.98 Å². The zero-order chi connectivity index (χ0) is 13.1. The van der Waals surface area contributed by atoms with Crippen LogP contribution in [-0.2, 0) is 6.42 Å². The lowest BCUT2D eigenvalue weighted by Crippen LogP contribution is -1.94. The molecule has 0 radical (unpaired) electrons. The Morgan fingerprint density at radius 3 is 2.72 bits per heavy atom. The minimum Gasteiger partial charge on any atom is -0.338 e. The summed E-state index contributed by atoms with van der Waals surface area (Å²) in [4.78, 5) is 4.56. The second kappa shape index (κ2) is 5.65. The molecule has 0 aliphatic carbocycles. The van der Waals surface area contributed by atoms with Crippen LogP contribution >= 0.6 is 15.9 Å². The topological polar surface area (TPSA) is 38.9 Å². The van der Waals surface area contributed by atoms with Crippen LogP contribution in [0, 0.1) is 13.8 Å². The Labute approximate surface area is 116 Å². The predicted octanol–water partition coefficient (Wildman–Crippen LogP) is 4.12. The Balaban J connectivity index is 2.13. The number of aromatic nitrogens is 2. The van der Waals surface area contributed by atoms with E-state index in [1.165, 1.54) is 16.7 Å². The zero-order valence-corrected chi connectivity index (χ0v) is 12.5. The van der Waals surface area contributed by atoms with E-state index >= 15 is 0 Å². The van der Waals surface area contributed by atoms with Crippen LogP contribution in [0.2, 0.25) is 0 Å². The Hall–Kier alpha value is -1.16. The first kappa shape index (κ1) is 13.3. The largest absolute Gasteiger partial charge is 0.338 e. The molecular formula is C14H17BrN2O. The molecule has 1 unspecified atom stereocenters. The van der Waals surface area contributed by atoms with Crippen LogP contribution in [0.1, 0.15) is 46.6 Å². The Kier molecular flexibility index (Phi) is 4.17. The number of halogens is 1. The maximum Gasteiger partial charge on any atom is 0.240 e. The molecule has 0 spiro atoms. The maximum atomic E-state index is 5.24. The van der Waals surface area contributed by atoms with E-state index in [0.717, 1.165) is 12.2 Å². The summed E-state index contributed by atoms with van der Waals surface area (Å²) in [6.07, 6.45) is 1.65. The van der Waals surface area contributed by atoms with Gasteiger partial charge in [0.25, 0.3) is 0 Å². The smallest absolute Gasteiger partial charge is 0.240 e. The van der Waals surface area contributed by atoms with Crippen LogP contribution in [0.3, 0.4) is 0 Å². The minimum atomic E-state index is 0.151. The number of hydrogen-bond donors (Lipinski definition) is 0. The van der Waals surface area contributed by atoms with Gasteiger partial charge < -0.3 is 4.52 Å². The highest BCUT2D eigenvalue weighted by Gasteiger charge is 2.14. The molecule has 2 aromatic rings. The van der Waals surface area contributed by atoms with E-state index in [2.05, 4.69) is 65.0 Å². The third kappa shape index (κ3) is 2.99. The van der Waals surface area contributed by atoms with E-state index in [4.69, 9.17) is 4.52 Å². The molecule has 1 aromatic heterocycles. The number of rotatable bonds is 4. The standard InChI is InChI=1S/C14H17BrN2O/c1-4-12(15)14-16-13(17-18-14)8-11-6-5-9(2)10(3)7-11/h5-7,12H,4,8H2,1-3H3. The number of nitrogens with zero attached hydrogens (tertiary/aromatic N) is 2. The SMILES string of the molecule is CCC(Br)c1nc(Cc2ccc(C)c(C)c2)no1. The third-order valence-electron chi connectivity index (χ3n) is 3.04. The summed E-state index contributed by atoms with van der Waals surface area (Å²) in [7, 11) is 0. The second-order valence-corrected chi connectivity index (χ2v) is 5.63. The van der Waals surface area contributed by atoms with Crippen molar-refractivity contribution in [3.05, 3.63) is 46.6 Å². The van der Waals surface area contributed by atoms with Crippen LogP contribution in [-0.4, -0.2) is 10.1 Å². The fourth-order valence-electron chi connectivity index (χ4n) is 1.74. The van der Waals surface area contributed by atoms with E-state index in [9.17, 15) is 0 Å². The molecule has 0 fully saturated rings. The molecule has 0 aliphatic rings. The molecule has 0 saturated carbocycles. The van der Waals surface area contributed by atoms with Gasteiger partial charge in [-0.1, -0.05) is 46.2 Å². The van der Waals surface area contributed by atoms with E-state index < -0.39 is 0 Å². The predicted molar refractivity (Wildman–Crippen MR) is 75.0 cm³/mol. The van der Waals surface area contributed by atoms with Crippen molar-refractivity contribution in [3.63, 3.8) is 0 Å². The molecule has 96 valence electrons. The van der Waals surface area contributed by atoms with Crippen molar-refractivity contribution in [2.75, 3.05) is 0 Å². The quantitative estimate of drug-likeness (QED) is 0.797. The molecule has 0 N–H and O–H groups in total. The van der Waals surface area contributed by atoms with Crippen LogP contribution in [0.25, 0.3) is 0 Å². The van der Waals surface area contributed by atoms with Crippen molar-refractivity contribution in [2.45, 2.75) is 38.4 Å². The summed E-state index contributed by atoms with van der Waals surface area (Å²) in [6, 6.07) is 6.42. The van der Waals surface area contributed by atoms with Gasteiger partial charge in [-0.25, -0.2) is 0 Å². The highest BCUT2D eigenvalue weighted by atomic mass is 79.9. The van der Waals surface area contributed by atoms with Gasteiger partial charge in [-0.05, 0) is 37.0 Å². The van der Waals surface area contributed by atoms with Gasteiger partial charge in [0.15, 0.2) is 5.82 Å². The van der Waals surface area contributed by atoms with Crippen molar-refractivity contribution in [1.82, 2.24) is 10.1 Å². The lowest BCUT2D eigenvalue weighted by molar-refractivity contribution is 0.372. The first-order valence-corrected chi connectivity index (χ1v) is 7.04. The lowest BCUT2D eigenvalue weighted by atomic mass is 10.0. The van der Waals surface area contributed by atoms with Gasteiger partial charge in [-0.15, -0.1) is 0 Å². The van der Waals surface area contributed by atoms with Crippen molar-refractivity contribution in [1.29, 1.82) is 0 Å². The van der Waals surface area contributed by atoms with Crippen molar-refractivity contribution < 1.29 is 4.52 Å². The number of aryl methyl sites for hydroxylation is 2. The molecule has 0 aliphatic heterocycles. The Morgan fingerprint density at radius 1 is 1.28 bits per heavy atom. The van der Waals surface area contributed by atoms with Gasteiger partial charge in [0, 0.05) is 6.42 Å². The zero-order valence-electron chi connectivity index (χ0n) is 10.9. The highest BCUT2D eigenvalue weighted by molar-refractivity contribution is 9.09. The Bertz CT molecular complexity index is 536. The van der Waals surface area contributed by atoms with E-state index in [0.29, 0.717) is 12.3 Å². The van der Waals surface area contributed by atoms with Crippen molar-refractivity contribution >= 4 is 15.9 Å². The molecule has 0 bridgehead atoms. The van der Waals surface area contributed by atoms with Gasteiger partial charge in [0.1, 0.15) is 0 Å². The van der Waals surface area contributed by atoms with Gasteiger partial charge in [-0.3, -0.25) is 0 Å². The van der Waals surface area contributed by atoms with Crippen LogP contribution in [0.4, 0.5) is 0 Å². The summed E-state index contributed by atoms with van der Waals surface area (Å²) < 4.78 is 5.24. The van der Waals surface area contributed by atoms with Crippen molar-refractivity contribution in [3.8, 4) is 0 Å². The molecule has 18 heavy (non-hydrogen) atoms. The molecule has 1 aromatic carbocycles. The molecule has 0 saturated heterocycles. The summed E-state index contributed by atoms with van der Waals surface area (Å²) in [5.74, 6) is 1.41. The second-order valence-electron chi connectivity index (χ2n) is 4.52. The monoisotopic (exact) mass is 308 g/mol. The van der Waals surface area contributed by atoms with E-state index in [1.807, 2.05) is 0 Å². The lowest BCUT2D eigenvalue weighted by Gasteiger charge is -2.02. The van der Waals surface area contributed by atoms with Crippen molar-refractivity contribution in [2.24, 2.45) is 0 Å². The summed E-state index contributed by atoms with van der Waals surface area (Å²) >= 11 is 3.51. The summed E-state index contributed by atoms with van der Waals surface area (Å²) in [5.41, 5.74) is 3.82. The van der Waals surface area contributed by atoms with Crippen LogP contribution in [0.5, 0.6) is 0 Å². The summed E-state index contributed by atoms with van der Waals surface area (Å²) in [6.45, 7) is 6.31. The minimum absolute atomic E-state index is 0.151. The van der Waals surface area contributed by atoms with Gasteiger partial charge >= 0.3 is 0 Å². The molecule has 0 amide bonds. The molecule has 2 rings (SSSR count). The molecule has 4 heteroatoms. The average Bonchev–Trinajstić information content (AvgIpc) is 2.81. The third-order valence-corrected chi connectivity index (χ3v) is 4.08. The normalized spacial score (nSPS) is 12.7. The molecular weight excluding hydrogens is 292 g/mol. The van der Waals surface area contributed by atoms with Crippen LogP contribution in [0.15, 0.2) is 22.7 Å². The highest BCUT2D eigenvalue weighted by Crippen LogP contribution is 2.24. The molecule has 1 heterocycles.